The fraction of sp³-hybridized carbons (Fsp3) is 0.500. The molecule has 2 rings (SSSR count). The SMILES string of the molecule is COCCNC(=O)NC(=O)COC(=O)c1ccc(OCC2CCCO2)cc1. The highest BCUT2D eigenvalue weighted by atomic mass is 16.5. The van der Waals surface area contributed by atoms with Crippen LogP contribution in [0.15, 0.2) is 24.3 Å². The molecule has 0 aromatic heterocycles. The molecule has 1 saturated heterocycles. The Hall–Kier alpha value is -2.65. The molecule has 2 N–H and O–H groups in total. The van der Waals surface area contributed by atoms with Crippen molar-refractivity contribution in [3.63, 3.8) is 0 Å². The minimum absolute atomic E-state index is 0.111. The van der Waals surface area contributed by atoms with E-state index >= 15 is 0 Å². The number of rotatable bonds is 9. The first-order valence-electron chi connectivity index (χ1n) is 8.66. The van der Waals surface area contributed by atoms with E-state index in [0.717, 1.165) is 19.4 Å². The Morgan fingerprint density at radius 3 is 2.67 bits per heavy atom. The van der Waals surface area contributed by atoms with Gasteiger partial charge in [0.2, 0.25) is 0 Å². The summed E-state index contributed by atoms with van der Waals surface area (Å²) >= 11 is 0. The molecule has 148 valence electrons. The Morgan fingerprint density at radius 1 is 1.22 bits per heavy atom. The topological polar surface area (TPSA) is 112 Å². The van der Waals surface area contributed by atoms with Crippen LogP contribution >= 0.6 is 0 Å². The summed E-state index contributed by atoms with van der Waals surface area (Å²) in [6.45, 7) is 1.26. The van der Waals surface area contributed by atoms with Crippen LogP contribution in [-0.2, 0) is 19.0 Å². The average molecular weight is 380 g/mol. The van der Waals surface area contributed by atoms with Gasteiger partial charge in [0.1, 0.15) is 12.4 Å². The fourth-order valence-corrected chi connectivity index (χ4v) is 2.34. The molecule has 9 heteroatoms. The minimum atomic E-state index is -0.727. The van der Waals surface area contributed by atoms with E-state index in [0.29, 0.717) is 19.0 Å². The lowest BCUT2D eigenvalue weighted by Gasteiger charge is -2.11. The molecule has 1 aliphatic heterocycles. The summed E-state index contributed by atoms with van der Waals surface area (Å²) in [5, 5.41) is 4.46. The summed E-state index contributed by atoms with van der Waals surface area (Å²) in [6, 6.07) is 5.70. The van der Waals surface area contributed by atoms with Gasteiger partial charge in [0.25, 0.3) is 5.91 Å². The van der Waals surface area contributed by atoms with E-state index in [2.05, 4.69) is 5.32 Å². The normalized spacial score (nSPS) is 15.8. The van der Waals surface area contributed by atoms with Crippen molar-refractivity contribution in [1.82, 2.24) is 10.6 Å². The van der Waals surface area contributed by atoms with Crippen LogP contribution in [0, 0.1) is 0 Å². The zero-order chi connectivity index (χ0) is 19.5. The number of benzene rings is 1. The van der Waals surface area contributed by atoms with Crippen molar-refractivity contribution < 1.29 is 33.3 Å². The maximum absolute atomic E-state index is 11.9. The second-order valence-corrected chi connectivity index (χ2v) is 5.84. The molecule has 1 aliphatic rings. The number of nitrogens with one attached hydrogen (secondary N) is 2. The van der Waals surface area contributed by atoms with E-state index in [-0.39, 0.29) is 18.2 Å². The number of hydrogen-bond donors (Lipinski definition) is 2. The van der Waals surface area contributed by atoms with Crippen LogP contribution in [0.5, 0.6) is 5.75 Å². The third kappa shape index (κ3) is 7.63. The van der Waals surface area contributed by atoms with E-state index in [9.17, 15) is 14.4 Å². The summed E-state index contributed by atoms with van der Waals surface area (Å²) in [6.07, 6.45) is 2.14. The van der Waals surface area contributed by atoms with E-state index in [1.165, 1.54) is 7.11 Å². The number of amides is 3. The Balaban J connectivity index is 1.68. The van der Waals surface area contributed by atoms with Gasteiger partial charge in [0, 0.05) is 20.3 Å². The molecule has 1 heterocycles. The van der Waals surface area contributed by atoms with Crippen molar-refractivity contribution in [1.29, 1.82) is 0 Å². The Morgan fingerprint density at radius 2 is 2.00 bits per heavy atom. The number of hydrogen-bond acceptors (Lipinski definition) is 7. The third-order valence-corrected chi connectivity index (χ3v) is 3.73. The van der Waals surface area contributed by atoms with Gasteiger partial charge < -0.3 is 24.3 Å². The first kappa shape index (κ1) is 20.7. The van der Waals surface area contributed by atoms with Gasteiger partial charge in [-0.1, -0.05) is 0 Å². The Labute approximate surface area is 157 Å². The highest BCUT2D eigenvalue weighted by molar-refractivity contribution is 5.97. The largest absolute Gasteiger partial charge is 0.491 e. The van der Waals surface area contributed by atoms with Gasteiger partial charge in [-0.2, -0.15) is 0 Å². The van der Waals surface area contributed by atoms with E-state index in [4.69, 9.17) is 18.9 Å². The number of carbonyl (C=O) groups excluding carboxylic acids is 3. The van der Waals surface area contributed by atoms with Crippen molar-refractivity contribution in [2.75, 3.05) is 40.1 Å². The molecule has 1 unspecified atom stereocenters. The first-order chi connectivity index (χ1) is 13.1. The van der Waals surface area contributed by atoms with Gasteiger partial charge in [-0.25, -0.2) is 9.59 Å². The molecular weight excluding hydrogens is 356 g/mol. The van der Waals surface area contributed by atoms with E-state index in [1.54, 1.807) is 24.3 Å². The second-order valence-electron chi connectivity index (χ2n) is 5.84. The lowest BCUT2D eigenvalue weighted by atomic mass is 10.2. The molecule has 0 spiro atoms. The highest BCUT2D eigenvalue weighted by Crippen LogP contribution is 2.17. The number of imide groups is 1. The highest BCUT2D eigenvalue weighted by Gasteiger charge is 2.16. The molecule has 0 bridgehead atoms. The monoisotopic (exact) mass is 380 g/mol. The fourth-order valence-electron chi connectivity index (χ4n) is 2.34. The lowest BCUT2D eigenvalue weighted by molar-refractivity contribution is -0.123. The minimum Gasteiger partial charge on any atom is -0.491 e. The zero-order valence-electron chi connectivity index (χ0n) is 15.2. The molecule has 9 nitrogen and oxygen atoms in total. The summed E-state index contributed by atoms with van der Waals surface area (Å²) in [7, 11) is 1.49. The molecule has 0 radical (unpaired) electrons. The predicted octanol–water partition coefficient (Wildman–Crippen LogP) is 0.873. The van der Waals surface area contributed by atoms with Gasteiger partial charge in [-0.05, 0) is 37.1 Å². The van der Waals surface area contributed by atoms with Crippen molar-refractivity contribution in [3.8, 4) is 5.75 Å². The number of urea groups is 1. The molecular formula is C18H24N2O7. The molecule has 1 atom stereocenters. The standard InChI is InChI=1S/C18H24N2O7/c1-24-10-8-19-18(23)20-16(21)12-27-17(22)13-4-6-14(7-5-13)26-11-15-3-2-9-25-15/h4-7,15H,2-3,8-12H2,1H3,(H2,19,20,21,23). The van der Waals surface area contributed by atoms with Crippen molar-refractivity contribution >= 4 is 17.9 Å². The predicted molar refractivity (Wildman–Crippen MR) is 94.6 cm³/mol. The van der Waals surface area contributed by atoms with Crippen LogP contribution in [0.1, 0.15) is 23.2 Å². The summed E-state index contributed by atoms with van der Waals surface area (Å²) < 4.78 is 20.7. The van der Waals surface area contributed by atoms with Crippen LogP contribution < -0.4 is 15.4 Å². The Kier molecular flexibility index (Phi) is 8.53. The quantitative estimate of drug-likeness (QED) is 0.483. The maximum atomic E-state index is 11.9. The number of ether oxygens (including phenoxy) is 4. The molecule has 1 fully saturated rings. The third-order valence-electron chi connectivity index (χ3n) is 3.73. The van der Waals surface area contributed by atoms with Crippen molar-refractivity contribution in [2.24, 2.45) is 0 Å². The van der Waals surface area contributed by atoms with Crippen LogP contribution in [0.2, 0.25) is 0 Å². The van der Waals surface area contributed by atoms with Crippen molar-refractivity contribution in [3.05, 3.63) is 29.8 Å². The van der Waals surface area contributed by atoms with Crippen LogP contribution in [-0.4, -0.2) is 64.1 Å². The molecule has 0 saturated carbocycles. The number of carbonyl (C=O) groups is 3. The number of esters is 1. The van der Waals surface area contributed by atoms with Crippen LogP contribution in [0.3, 0.4) is 0 Å². The van der Waals surface area contributed by atoms with Gasteiger partial charge in [-0.15, -0.1) is 0 Å². The maximum Gasteiger partial charge on any atom is 0.338 e. The van der Waals surface area contributed by atoms with E-state index in [1.807, 2.05) is 5.32 Å². The molecule has 27 heavy (non-hydrogen) atoms. The summed E-state index contributed by atoms with van der Waals surface area (Å²) in [4.78, 5) is 34.9. The molecule has 3 amide bonds. The smallest absolute Gasteiger partial charge is 0.338 e. The van der Waals surface area contributed by atoms with Gasteiger partial charge in [0.05, 0.1) is 18.3 Å². The van der Waals surface area contributed by atoms with Crippen molar-refractivity contribution in [2.45, 2.75) is 18.9 Å². The van der Waals surface area contributed by atoms with Crippen LogP contribution in [0.4, 0.5) is 4.79 Å². The first-order valence-corrected chi connectivity index (χ1v) is 8.66. The molecule has 1 aromatic rings. The second kappa shape index (κ2) is 11.1. The summed E-state index contributed by atoms with van der Waals surface area (Å²) in [5.41, 5.74) is 0.275. The van der Waals surface area contributed by atoms with Gasteiger partial charge in [0.15, 0.2) is 6.61 Å². The van der Waals surface area contributed by atoms with Gasteiger partial charge >= 0.3 is 12.0 Å². The Bertz CT molecular complexity index is 627. The summed E-state index contributed by atoms with van der Waals surface area (Å²) in [5.74, 6) is -0.780. The molecule has 0 aliphatic carbocycles. The van der Waals surface area contributed by atoms with E-state index < -0.39 is 24.5 Å². The lowest BCUT2D eigenvalue weighted by Crippen LogP contribution is -2.42. The zero-order valence-corrected chi connectivity index (χ0v) is 15.2. The van der Waals surface area contributed by atoms with Crippen LogP contribution in [0.25, 0.3) is 0 Å². The number of methoxy groups -OCH3 is 1. The molecule has 1 aromatic carbocycles. The van der Waals surface area contributed by atoms with Gasteiger partial charge in [-0.3, -0.25) is 10.1 Å². The average Bonchev–Trinajstić information content (AvgIpc) is 3.18.